The molecule has 0 saturated heterocycles. The summed E-state index contributed by atoms with van der Waals surface area (Å²) in [5.74, 6) is 1.14. The number of carbonyl (C=O) groups is 1. The minimum absolute atomic E-state index is 0.203. The monoisotopic (exact) mass is 477 g/mol. The van der Waals surface area contributed by atoms with Crippen LogP contribution in [0.2, 0.25) is 5.02 Å². The molecule has 1 aliphatic carbocycles. The largest absolute Gasteiger partial charge is 0.454 e. The summed E-state index contributed by atoms with van der Waals surface area (Å²) in [6.07, 6.45) is 11.8. The van der Waals surface area contributed by atoms with Gasteiger partial charge in [-0.1, -0.05) is 11.6 Å². The summed E-state index contributed by atoms with van der Waals surface area (Å²) in [6.45, 7) is 0.242. The van der Waals surface area contributed by atoms with E-state index in [2.05, 4.69) is 25.3 Å². The Bertz CT molecular complexity index is 1300. The minimum atomic E-state index is -0.203. The number of H-pyrrole nitrogens is 1. The van der Waals surface area contributed by atoms with Gasteiger partial charge in [-0.25, -0.2) is 15.0 Å². The van der Waals surface area contributed by atoms with Crippen molar-refractivity contribution in [1.29, 1.82) is 0 Å². The average Bonchev–Trinajstić information content (AvgIpc) is 3.30. The second-order valence-electron chi connectivity index (χ2n) is 8.48. The molecule has 1 saturated carbocycles. The van der Waals surface area contributed by atoms with E-state index in [-0.39, 0.29) is 23.5 Å². The highest BCUT2D eigenvalue weighted by molar-refractivity contribution is 6.35. The van der Waals surface area contributed by atoms with Crippen LogP contribution in [0.1, 0.15) is 41.6 Å². The summed E-state index contributed by atoms with van der Waals surface area (Å²) in [5.41, 5.74) is 2.37. The highest BCUT2D eigenvalue weighted by Crippen LogP contribution is 2.33. The number of fused-ring (bicyclic) bond motifs is 1. The smallest absolute Gasteiger partial charge is 0.196 e. The number of rotatable bonds is 7. The number of benzene rings is 1. The molecule has 0 radical (unpaired) electrons. The normalized spacial score (nSPS) is 18.1. The molecule has 0 spiro atoms. The number of ether oxygens (including phenoxy) is 1. The molecule has 1 fully saturated rings. The molecule has 5 rings (SSSR count). The lowest BCUT2D eigenvalue weighted by molar-refractivity contribution is 0.104. The Morgan fingerprint density at radius 2 is 1.91 bits per heavy atom. The molecule has 0 amide bonds. The summed E-state index contributed by atoms with van der Waals surface area (Å²) in [5, 5.41) is 14.0. The number of aliphatic hydroxyl groups is 1. The molecule has 0 bridgehead atoms. The number of ketones is 1. The minimum Gasteiger partial charge on any atom is -0.454 e. The Hall–Kier alpha value is -3.49. The van der Waals surface area contributed by atoms with Crippen molar-refractivity contribution >= 4 is 34.1 Å². The van der Waals surface area contributed by atoms with E-state index < -0.39 is 0 Å². The van der Waals surface area contributed by atoms with Crippen LogP contribution in [-0.2, 0) is 0 Å². The van der Waals surface area contributed by atoms with Crippen LogP contribution in [0.4, 0.5) is 5.69 Å². The molecule has 3 heterocycles. The molecular weight excluding hydrogens is 454 g/mol. The Morgan fingerprint density at radius 3 is 2.65 bits per heavy atom. The number of pyridine rings is 1. The van der Waals surface area contributed by atoms with E-state index in [0.717, 1.165) is 36.8 Å². The maximum Gasteiger partial charge on any atom is 0.196 e. The molecule has 0 aliphatic heterocycles. The first-order valence-corrected chi connectivity index (χ1v) is 11.6. The number of aliphatic hydroxyl groups excluding tert-OH is 1. The number of nitrogens with zero attached hydrogens (tertiary/aromatic N) is 3. The van der Waals surface area contributed by atoms with Crippen molar-refractivity contribution in [3.05, 3.63) is 71.5 Å². The van der Waals surface area contributed by atoms with Crippen molar-refractivity contribution in [2.75, 3.05) is 11.9 Å². The zero-order valence-corrected chi connectivity index (χ0v) is 19.1. The molecule has 174 valence electrons. The lowest BCUT2D eigenvalue weighted by Crippen LogP contribution is -2.27. The van der Waals surface area contributed by atoms with Gasteiger partial charge in [0.2, 0.25) is 0 Å². The van der Waals surface area contributed by atoms with Gasteiger partial charge in [0.1, 0.15) is 17.7 Å². The van der Waals surface area contributed by atoms with Gasteiger partial charge in [-0.2, -0.15) is 0 Å². The molecule has 0 atom stereocenters. The topological polar surface area (TPSA) is 113 Å². The van der Waals surface area contributed by atoms with E-state index in [9.17, 15) is 9.90 Å². The number of halogens is 1. The predicted octanol–water partition coefficient (Wildman–Crippen LogP) is 4.99. The first kappa shape index (κ1) is 22.3. The van der Waals surface area contributed by atoms with Crippen LogP contribution in [0.5, 0.6) is 11.5 Å². The van der Waals surface area contributed by atoms with Gasteiger partial charge in [0.05, 0.1) is 28.4 Å². The molecule has 1 aliphatic rings. The SMILES string of the molecule is O=C(c1ccc(Oc2cncnc2)cc1Cl)c1c[nH]c2nccc(N[C@H]3CC[C@H](CO)CC3)c12. The van der Waals surface area contributed by atoms with Crippen LogP contribution in [0.25, 0.3) is 11.0 Å². The zero-order valence-electron chi connectivity index (χ0n) is 18.4. The van der Waals surface area contributed by atoms with E-state index in [0.29, 0.717) is 34.2 Å². The fraction of sp³-hybridized carbons (Fsp3) is 0.280. The van der Waals surface area contributed by atoms with Crippen LogP contribution in [0.15, 0.2) is 55.4 Å². The Balaban J connectivity index is 1.40. The van der Waals surface area contributed by atoms with Crippen molar-refractivity contribution in [3.8, 4) is 11.5 Å². The highest BCUT2D eigenvalue weighted by Gasteiger charge is 2.24. The molecule has 34 heavy (non-hydrogen) atoms. The first-order valence-electron chi connectivity index (χ1n) is 11.2. The number of hydrogen-bond donors (Lipinski definition) is 3. The molecule has 1 aromatic carbocycles. The third kappa shape index (κ3) is 4.60. The number of anilines is 1. The van der Waals surface area contributed by atoms with Gasteiger partial charge in [-0.05, 0) is 49.8 Å². The molecule has 8 nitrogen and oxygen atoms in total. The number of aromatic nitrogens is 4. The quantitative estimate of drug-likeness (QED) is 0.321. The first-order chi connectivity index (χ1) is 16.6. The second-order valence-corrected chi connectivity index (χ2v) is 8.88. The van der Waals surface area contributed by atoms with E-state index in [4.69, 9.17) is 16.3 Å². The Labute approximate surface area is 201 Å². The van der Waals surface area contributed by atoms with Crippen molar-refractivity contribution in [3.63, 3.8) is 0 Å². The second kappa shape index (κ2) is 9.79. The van der Waals surface area contributed by atoms with Crippen molar-refractivity contribution < 1.29 is 14.6 Å². The van der Waals surface area contributed by atoms with Crippen molar-refractivity contribution in [2.24, 2.45) is 5.92 Å². The van der Waals surface area contributed by atoms with Gasteiger partial charge in [-0.15, -0.1) is 0 Å². The van der Waals surface area contributed by atoms with Crippen LogP contribution in [0, 0.1) is 5.92 Å². The van der Waals surface area contributed by atoms with Gasteiger partial charge in [0.15, 0.2) is 11.5 Å². The lowest BCUT2D eigenvalue weighted by Gasteiger charge is -2.29. The average molecular weight is 478 g/mol. The van der Waals surface area contributed by atoms with Crippen LogP contribution in [0.3, 0.4) is 0 Å². The van der Waals surface area contributed by atoms with E-state index >= 15 is 0 Å². The number of nitrogens with one attached hydrogen (secondary N) is 2. The molecule has 9 heteroatoms. The molecule has 4 aromatic rings. The van der Waals surface area contributed by atoms with Crippen LogP contribution >= 0.6 is 11.6 Å². The summed E-state index contributed by atoms with van der Waals surface area (Å²) in [6, 6.07) is 7.13. The van der Waals surface area contributed by atoms with Gasteiger partial charge >= 0.3 is 0 Å². The maximum atomic E-state index is 13.5. The predicted molar refractivity (Wildman–Crippen MR) is 130 cm³/mol. The number of carbonyl (C=O) groups excluding carboxylic acids is 1. The van der Waals surface area contributed by atoms with Gasteiger partial charge in [0.25, 0.3) is 0 Å². The zero-order chi connectivity index (χ0) is 23.5. The van der Waals surface area contributed by atoms with Crippen LogP contribution in [-0.4, -0.2) is 43.5 Å². The third-order valence-corrected chi connectivity index (χ3v) is 6.55. The summed E-state index contributed by atoms with van der Waals surface area (Å²) < 4.78 is 5.71. The fourth-order valence-corrected chi connectivity index (χ4v) is 4.68. The summed E-state index contributed by atoms with van der Waals surface area (Å²) in [7, 11) is 0. The van der Waals surface area contributed by atoms with Crippen molar-refractivity contribution in [2.45, 2.75) is 31.7 Å². The summed E-state index contributed by atoms with van der Waals surface area (Å²) >= 11 is 6.49. The van der Waals surface area contributed by atoms with Crippen molar-refractivity contribution in [1.82, 2.24) is 19.9 Å². The third-order valence-electron chi connectivity index (χ3n) is 6.24. The Kier molecular flexibility index (Phi) is 6.42. The standard InChI is InChI=1S/C25H24ClN5O3/c26-21-9-17(34-18-10-27-14-28-11-18)5-6-19(21)24(33)20-12-30-25-23(20)22(7-8-29-25)31-16-3-1-15(13-32)2-4-16/h5-12,14-16,32H,1-4,13H2,(H2,29,30,31)/t15-,16-. The molecule has 0 unspecified atom stereocenters. The van der Waals surface area contributed by atoms with Gasteiger partial charge < -0.3 is 20.1 Å². The lowest BCUT2D eigenvalue weighted by atomic mass is 9.86. The van der Waals surface area contributed by atoms with E-state index in [1.165, 1.54) is 6.33 Å². The molecule has 3 aromatic heterocycles. The maximum absolute atomic E-state index is 13.5. The summed E-state index contributed by atoms with van der Waals surface area (Å²) in [4.78, 5) is 28.8. The number of aromatic amines is 1. The molecule has 3 N–H and O–H groups in total. The van der Waals surface area contributed by atoms with Crippen LogP contribution < -0.4 is 10.1 Å². The van der Waals surface area contributed by atoms with E-state index in [1.54, 1.807) is 43.0 Å². The highest BCUT2D eigenvalue weighted by atomic mass is 35.5. The molecular formula is C25H24ClN5O3. The Morgan fingerprint density at radius 1 is 1.12 bits per heavy atom. The van der Waals surface area contributed by atoms with E-state index in [1.807, 2.05) is 6.07 Å². The fourth-order valence-electron chi connectivity index (χ4n) is 4.43. The van der Waals surface area contributed by atoms with Gasteiger partial charge in [-0.3, -0.25) is 4.79 Å². The number of hydrogen-bond acceptors (Lipinski definition) is 7. The van der Waals surface area contributed by atoms with Gasteiger partial charge in [0, 0.05) is 42.4 Å².